The highest BCUT2D eigenvalue weighted by Gasteiger charge is 2.28. The van der Waals surface area contributed by atoms with Crippen LogP contribution in [0.5, 0.6) is 0 Å². The van der Waals surface area contributed by atoms with Gasteiger partial charge in [-0.25, -0.2) is 0 Å². The van der Waals surface area contributed by atoms with E-state index in [0.717, 1.165) is 19.0 Å². The molecular weight excluding hydrogens is 224 g/mol. The van der Waals surface area contributed by atoms with Crippen LogP contribution >= 0.6 is 12.4 Å². The number of hydrogen-bond donors (Lipinski definition) is 2. The van der Waals surface area contributed by atoms with Crippen molar-refractivity contribution in [1.82, 2.24) is 10.6 Å². The maximum atomic E-state index is 11.7. The summed E-state index contributed by atoms with van der Waals surface area (Å²) in [4.78, 5) is 11.7. The third-order valence-corrected chi connectivity index (χ3v) is 3.92. The summed E-state index contributed by atoms with van der Waals surface area (Å²) < 4.78 is 0. The Morgan fingerprint density at radius 3 is 2.31 bits per heavy atom. The van der Waals surface area contributed by atoms with Crippen LogP contribution in [-0.2, 0) is 4.79 Å². The van der Waals surface area contributed by atoms with Crippen LogP contribution in [0, 0.1) is 11.8 Å². The van der Waals surface area contributed by atoms with Gasteiger partial charge < -0.3 is 10.6 Å². The summed E-state index contributed by atoms with van der Waals surface area (Å²) in [6.45, 7) is 4.01. The number of amides is 1. The zero-order valence-corrected chi connectivity index (χ0v) is 10.8. The van der Waals surface area contributed by atoms with Gasteiger partial charge in [-0.3, -0.25) is 4.79 Å². The van der Waals surface area contributed by atoms with Crippen molar-refractivity contribution in [3.05, 3.63) is 0 Å². The molecule has 1 aliphatic heterocycles. The number of rotatable bonds is 3. The van der Waals surface area contributed by atoms with Crippen molar-refractivity contribution in [2.75, 3.05) is 13.1 Å². The van der Waals surface area contributed by atoms with Gasteiger partial charge in [0.15, 0.2) is 0 Å². The van der Waals surface area contributed by atoms with Crippen molar-refractivity contribution in [1.29, 1.82) is 0 Å². The van der Waals surface area contributed by atoms with Crippen LogP contribution in [0.15, 0.2) is 0 Å². The predicted molar refractivity (Wildman–Crippen MR) is 67.8 cm³/mol. The summed E-state index contributed by atoms with van der Waals surface area (Å²) >= 11 is 0. The Labute approximate surface area is 104 Å². The lowest BCUT2D eigenvalue weighted by Crippen LogP contribution is -2.53. The monoisotopic (exact) mass is 246 g/mol. The highest BCUT2D eigenvalue weighted by molar-refractivity contribution is 5.85. The second kappa shape index (κ2) is 6.45. The average Bonchev–Trinajstić information content (AvgIpc) is 2.16. The second-order valence-corrected chi connectivity index (χ2v) is 4.99. The van der Waals surface area contributed by atoms with E-state index >= 15 is 0 Å². The molecule has 0 spiro atoms. The number of carbonyl (C=O) groups excluding carboxylic acids is 1. The smallest absolute Gasteiger partial charge is 0.225 e. The summed E-state index contributed by atoms with van der Waals surface area (Å²) in [5.74, 6) is 1.42. The molecule has 1 aliphatic carbocycles. The lowest BCUT2D eigenvalue weighted by Gasteiger charge is -2.32. The number of nitrogens with one attached hydrogen (secondary N) is 2. The molecule has 0 atom stereocenters. The van der Waals surface area contributed by atoms with E-state index in [2.05, 4.69) is 17.6 Å². The van der Waals surface area contributed by atoms with E-state index in [-0.39, 0.29) is 24.2 Å². The summed E-state index contributed by atoms with van der Waals surface area (Å²) in [5.41, 5.74) is 0. The van der Waals surface area contributed by atoms with Crippen LogP contribution < -0.4 is 10.6 Å². The molecule has 0 unspecified atom stereocenters. The Morgan fingerprint density at radius 2 is 1.88 bits per heavy atom. The molecule has 1 saturated heterocycles. The lowest BCUT2D eigenvalue weighted by atomic mass is 9.84. The molecule has 0 radical (unpaired) electrons. The molecule has 1 heterocycles. The molecule has 2 N–H and O–H groups in total. The first-order valence-electron chi connectivity index (χ1n) is 6.30. The standard InChI is InChI=1S/C12H22N2O.ClH/c1-2-9-3-5-11(6-4-9)14-12(15)10-7-13-8-10;/h9-11,13H,2-8H2,1H3,(H,14,15);1H. The van der Waals surface area contributed by atoms with Gasteiger partial charge in [0.25, 0.3) is 0 Å². The maximum Gasteiger partial charge on any atom is 0.225 e. The minimum Gasteiger partial charge on any atom is -0.353 e. The normalized spacial score (nSPS) is 30.1. The Hall–Kier alpha value is -0.280. The van der Waals surface area contributed by atoms with E-state index in [4.69, 9.17) is 0 Å². The van der Waals surface area contributed by atoms with Crippen LogP contribution in [-0.4, -0.2) is 25.0 Å². The van der Waals surface area contributed by atoms with Gasteiger partial charge in [-0.2, -0.15) is 0 Å². The van der Waals surface area contributed by atoms with Gasteiger partial charge in [0.1, 0.15) is 0 Å². The first-order valence-corrected chi connectivity index (χ1v) is 6.30. The Bertz CT molecular complexity index is 223. The summed E-state index contributed by atoms with van der Waals surface area (Å²) in [5, 5.41) is 6.32. The van der Waals surface area contributed by atoms with E-state index in [1.807, 2.05) is 0 Å². The van der Waals surface area contributed by atoms with Crippen LogP contribution in [0.25, 0.3) is 0 Å². The van der Waals surface area contributed by atoms with E-state index in [9.17, 15) is 4.79 Å². The zero-order valence-electron chi connectivity index (χ0n) is 10.00. The van der Waals surface area contributed by atoms with Crippen molar-refractivity contribution in [3.63, 3.8) is 0 Å². The van der Waals surface area contributed by atoms with Gasteiger partial charge >= 0.3 is 0 Å². The topological polar surface area (TPSA) is 41.1 Å². The average molecular weight is 247 g/mol. The molecule has 1 amide bonds. The highest BCUT2D eigenvalue weighted by Crippen LogP contribution is 2.26. The minimum atomic E-state index is 0. The molecule has 0 aromatic rings. The van der Waals surface area contributed by atoms with E-state index in [1.54, 1.807) is 0 Å². The number of carbonyl (C=O) groups is 1. The fourth-order valence-electron chi connectivity index (χ4n) is 2.51. The largest absolute Gasteiger partial charge is 0.353 e. The molecule has 16 heavy (non-hydrogen) atoms. The van der Waals surface area contributed by atoms with Crippen molar-refractivity contribution in [2.24, 2.45) is 11.8 Å². The number of halogens is 1. The zero-order chi connectivity index (χ0) is 10.7. The third kappa shape index (κ3) is 3.36. The molecule has 0 aromatic heterocycles. The number of hydrogen-bond acceptors (Lipinski definition) is 2. The third-order valence-electron chi connectivity index (χ3n) is 3.92. The molecule has 2 aliphatic rings. The van der Waals surface area contributed by atoms with Gasteiger partial charge in [0, 0.05) is 19.1 Å². The first kappa shape index (κ1) is 13.8. The molecule has 1 saturated carbocycles. The summed E-state index contributed by atoms with van der Waals surface area (Å²) in [6.07, 6.45) is 6.26. The molecule has 0 aromatic carbocycles. The van der Waals surface area contributed by atoms with Crippen LogP contribution in [0.3, 0.4) is 0 Å². The molecule has 2 rings (SSSR count). The molecule has 3 nitrogen and oxygen atoms in total. The molecule has 2 fully saturated rings. The van der Waals surface area contributed by atoms with Gasteiger partial charge in [-0.05, 0) is 31.6 Å². The molecule has 94 valence electrons. The van der Waals surface area contributed by atoms with Gasteiger partial charge in [0.2, 0.25) is 5.91 Å². The molecule has 4 heteroatoms. The minimum absolute atomic E-state index is 0. The highest BCUT2D eigenvalue weighted by atomic mass is 35.5. The summed E-state index contributed by atoms with van der Waals surface area (Å²) in [7, 11) is 0. The first-order chi connectivity index (χ1) is 7.29. The van der Waals surface area contributed by atoms with Crippen LogP contribution in [0.1, 0.15) is 39.0 Å². The Balaban J connectivity index is 0.00000128. The van der Waals surface area contributed by atoms with Gasteiger partial charge in [-0.15, -0.1) is 12.4 Å². The fourth-order valence-corrected chi connectivity index (χ4v) is 2.51. The van der Waals surface area contributed by atoms with Crippen molar-refractivity contribution >= 4 is 18.3 Å². The van der Waals surface area contributed by atoms with Gasteiger partial charge in [-0.1, -0.05) is 13.3 Å². The van der Waals surface area contributed by atoms with E-state index < -0.39 is 0 Å². The maximum absolute atomic E-state index is 11.7. The van der Waals surface area contributed by atoms with E-state index in [0.29, 0.717) is 6.04 Å². The lowest BCUT2D eigenvalue weighted by molar-refractivity contribution is -0.127. The van der Waals surface area contributed by atoms with Gasteiger partial charge in [0.05, 0.1) is 5.92 Å². The predicted octanol–water partition coefficient (Wildman–Crippen LogP) is 1.71. The van der Waals surface area contributed by atoms with Crippen LogP contribution in [0.2, 0.25) is 0 Å². The Morgan fingerprint density at radius 1 is 1.25 bits per heavy atom. The van der Waals surface area contributed by atoms with Crippen molar-refractivity contribution in [3.8, 4) is 0 Å². The van der Waals surface area contributed by atoms with Crippen molar-refractivity contribution in [2.45, 2.75) is 45.1 Å². The summed E-state index contributed by atoms with van der Waals surface area (Å²) in [6, 6.07) is 0.459. The Kier molecular flexibility index (Phi) is 5.56. The second-order valence-electron chi connectivity index (χ2n) is 4.99. The van der Waals surface area contributed by atoms with Crippen molar-refractivity contribution < 1.29 is 4.79 Å². The SMILES string of the molecule is CCC1CCC(NC(=O)C2CNC2)CC1.Cl. The van der Waals surface area contributed by atoms with E-state index in [1.165, 1.54) is 32.1 Å². The molecule has 0 bridgehead atoms. The molecular formula is C12H23ClN2O. The quantitative estimate of drug-likeness (QED) is 0.796. The fraction of sp³-hybridized carbons (Fsp3) is 0.917. The van der Waals surface area contributed by atoms with Crippen LogP contribution in [0.4, 0.5) is 0 Å².